The fourth-order valence-electron chi connectivity index (χ4n) is 1.65. The molecule has 1 unspecified atom stereocenters. The van der Waals surface area contributed by atoms with Gasteiger partial charge in [0.05, 0.1) is 10.9 Å². The summed E-state index contributed by atoms with van der Waals surface area (Å²) in [6, 6.07) is 4.22. The van der Waals surface area contributed by atoms with Gasteiger partial charge in [-0.3, -0.25) is 9.59 Å². The monoisotopic (exact) mass is 325 g/mol. The lowest BCUT2D eigenvalue weighted by atomic mass is 10.3. The second-order valence-electron chi connectivity index (χ2n) is 4.57. The largest absolute Gasteiger partial charge is 0.323 e. The summed E-state index contributed by atoms with van der Waals surface area (Å²) in [6.07, 6.45) is 0. The number of carbonyl (C=O) groups is 1. The highest BCUT2D eigenvalue weighted by Crippen LogP contribution is 2.21. The Morgan fingerprint density at radius 2 is 2.09 bits per heavy atom. The number of carbonyl (C=O) groups excluding carboxylic acids is 1. The van der Waals surface area contributed by atoms with E-state index in [9.17, 15) is 18.4 Å². The van der Waals surface area contributed by atoms with Crippen molar-refractivity contribution in [2.24, 2.45) is 0 Å². The molecule has 1 heterocycles. The number of anilines is 1. The average Bonchev–Trinajstić information content (AvgIpc) is 2.40. The molecule has 0 radical (unpaired) electrons. The summed E-state index contributed by atoms with van der Waals surface area (Å²) in [7, 11) is 0. The molecule has 0 aliphatic heterocycles. The second-order valence-corrected chi connectivity index (χ2v) is 5.89. The highest BCUT2D eigenvalue weighted by molar-refractivity contribution is 8.00. The number of nitrogens with zero attached hydrogens (tertiary/aromatic N) is 1. The number of hydrogen-bond acceptors (Lipinski definition) is 4. The third-order valence-corrected chi connectivity index (χ3v) is 3.68. The van der Waals surface area contributed by atoms with Crippen molar-refractivity contribution in [3.05, 3.63) is 51.9 Å². The van der Waals surface area contributed by atoms with Gasteiger partial charge in [-0.15, -0.1) is 0 Å². The Balaban J connectivity index is 2.07. The lowest BCUT2D eigenvalue weighted by molar-refractivity contribution is -0.115. The minimum atomic E-state index is -0.854. The van der Waals surface area contributed by atoms with E-state index in [2.05, 4.69) is 15.3 Å². The number of nitrogens with one attached hydrogen (secondary N) is 2. The van der Waals surface area contributed by atoms with Crippen molar-refractivity contribution in [3.63, 3.8) is 0 Å². The van der Waals surface area contributed by atoms with Crippen molar-refractivity contribution in [3.8, 4) is 0 Å². The van der Waals surface area contributed by atoms with Gasteiger partial charge in [0.2, 0.25) is 5.91 Å². The molecule has 0 aliphatic carbocycles. The Bertz CT molecular complexity index is 764. The van der Waals surface area contributed by atoms with Crippen LogP contribution in [0.1, 0.15) is 12.6 Å². The maximum atomic E-state index is 13.5. The molecule has 116 valence electrons. The lowest BCUT2D eigenvalue weighted by Gasteiger charge is -2.12. The number of H-pyrrole nitrogens is 1. The number of aromatic amines is 1. The van der Waals surface area contributed by atoms with Crippen LogP contribution in [0.5, 0.6) is 0 Å². The Hall–Kier alpha value is -2.22. The molecule has 5 nitrogen and oxygen atoms in total. The zero-order valence-corrected chi connectivity index (χ0v) is 12.6. The minimum Gasteiger partial charge on any atom is -0.323 e. The quantitative estimate of drug-likeness (QED) is 0.669. The predicted octanol–water partition coefficient (Wildman–Crippen LogP) is 2.48. The van der Waals surface area contributed by atoms with E-state index in [1.54, 1.807) is 13.8 Å². The number of aryl methyl sites for hydroxylation is 1. The summed E-state index contributed by atoms with van der Waals surface area (Å²) >= 11 is 1.03. The summed E-state index contributed by atoms with van der Waals surface area (Å²) in [6.45, 7) is 3.25. The van der Waals surface area contributed by atoms with E-state index in [4.69, 9.17) is 0 Å². The zero-order valence-electron chi connectivity index (χ0n) is 11.8. The van der Waals surface area contributed by atoms with E-state index in [1.807, 2.05) is 0 Å². The molecule has 8 heteroatoms. The van der Waals surface area contributed by atoms with E-state index in [1.165, 1.54) is 6.07 Å². The molecule has 0 fully saturated rings. The molecule has 1 aromatic heterocycles. The number of aromatic nitrogens is 2. The van der Waals surface area contributed by atoms with Crippen LogP contribution in [0.2, 0.25) is 0 Å². The molecular formula is C14H13F2N3O2S. The molecule has 0 aliphatic rings. The molecule has 0 bridgehead atoms. The molecule has 2 N–H and O–H groups in total. The fraction of sp³-hybridized carbons (Fsp3) is 0.214. The molecule has 2 rings (SSSR count). The van der Waals surface area contributed by atoms with Crippen LogP contribution in [0.4, 0.5) is 14.5 Å². The molecule has 0 saturated heterocycles. The van der Waals surface area contributed by atoms with E-state index in [-0.39, 0.29) is 11.2 Å². The van der Waals surface area contributed by atoms with Gasteiger partial charge in [-0.1, -0.05) is 11.8 Å². The third-order valence-electron chi connectivity index (χ3n) is 2.69. The Kier molecular flexibility index (Phi) is 4.92. The summed E-state index contributed by atoms with van der Waals surface area (Å²) in [4.78, 5) is 30.0. The maximum absolute atomic E-state index is 13.5. The Morgan fingerprint density at radius 3 is 2.73 bits per heavy atom. The van der Waals surface area contributed by atoms with Gasteiger partial charge >= 0.3 is 0 Å². The third kappa shape index (κ3) is 4.14. The smallest absolute Gasteiger partial charge is 0.251 e. The number of benzene rings is 1. The van der Waals surface area contributed by atoms with Crippen molar-refractivity contribution >= 4 is 23.4 Å². The van der Waals surface area contributed by atoms with Crippen LogP contribution in [0.3, 0.4) is 0 Å². The summed E-state index contributed by atoms with van der Waals surface area (Å²) in [5.41, 5.74) is 0.111. The maximum Gasteiger partial charge on any atom is 0.251 e. The van der Waals surface area contributed by atoms with Crippen LogP contribution in [-0.4, -0.2) is 21.1 Å². The molecule has 0 saturated carbocycles. The van der Waals surface area contributed by atoms with E-state index in [0.717, 1.165) is 23.9 Å². The van der Waals surface area contributed by atoms with Crippen LogP contribution in [0.15, 0.2) is 34.2 Å². The normalized spacial score (nSPS) is 12.0. The summed E-state index contributed by atoms with van der Waals surface area (Å²) in [5, 5.41) is 2.03. The zero-order chi connectivity index (χ0) is 16.3. The van der Waals surface area contributed by atoms with Crippen molar-refractivity contribution in [1.29, 1.82) is 0 Å². The molecule has 2 aromatic rings. The molecule has 1 atom stereocenters. The molecule has 22 heavy (non-hydrogen) atoms. The van der Waals surface area contributed by atoms with Gasteiger partial charge in [-0.2, -0.15) is 0 Å². The van der Waals surface area contributed by atoms with Gasteiger partial charge in [0.1, 0.15) is 11.6 Å². The first-order valence-corrected chi connectivity index (χ1v) is 7.23. The highest BCUT2D eigenvalue weighted by Gasteiger charge is 2.17. The molecule has 0 spiro atoms. The first-order chi connectivity index (χ1) is 10.3. The predicted molar refractivity (Wildman–Crippen MR) is 79.9 cm³/mol. The number of amides is 1. The fourth-order valence-corrected chi connectivity index (χ4v) is 2.51. The van der Waals surface area contributed by atoms with Crippen molar-refractivity contribution in [2.45, 2.75) is 24.3 Å². The van der Waals surface area contributed by atoms with Crippen LogP contribution >= 0.6 is 11.8 Å². The van der Waals surface area contributed by atoms with E-state index >= 15 is 0 Å². The standard InChI is InChI=1S/C14H13F2N3O2S/c1-7-5-12(20)19-14(17-7)22-8(2)13(21)18-11-4-3-9(15)6-10(11)16/h3-6,8H,1-2H3,(H,18,21)(H,17,19,20). The number of rotatable bonds is 4. The van der Waals surface area contributed by atoms with E-state index < -0.39 is 22.8 Å². The van der Waals surface area contributed by atoms with Crippen molar-refractivity contribution < 1.29 is 13.6 Å². The van der Waals surface area contributed by atoms with Gasteiger partial charge in [-0.25, -0.2) is 13.8 Å². The minimum absolute atomic E-state index is 0.107. The topological polar surface area (TPSA) is 74.8 Å². The molecule has 1 aromatic carbocycles. The number of thioether (sulfide) groups is 1. The van der Waals surface area contributed by atoms with Crippen LogP contribution in [0.25, 0.3) is 0 Å². The highest BCUT2D eigenvalue weighted by atomic mass is 32.2. The Morgan fingerprint density at radius 1 is 1.36 bits per heavy atom. The van der Waals surface area contributed by atoms with Gasteiger partial charge in [0, 0.05) is 17.8 Å². The van der Waals surface area contributed by atoms with Crippen molar-refractivity contribution in [1.82, 2.24) is 9.97 Å². The van der Waals surface area contributed by atoms with E-state index in [0.29, 0.717) is 16.9 Å². The van der Waals surface area contributed by atoms with Gasteiger partial charge in [-0.05, 0) is 26.0 Å². The first-order valence-electron chi connectivity index (χ1n) is 6.35. The number of hydrogen-bond donors (Lipinski definition) is 2. The van der Waals surface area contributed by atoms with Crippen LogP contribution in [-0.2, 0) is 4.79 Å². The lowest BCUT2D eigenvalue weighted by Crippen LogP contribution is -2.23. The van der Waals surface area contributed by atoms with Crippen LogP contribution < -0.4 is 10.9 Å². The molecule has 1 amide bonds. The second kappa shape index (κ2) is 6.69. The first kappa shape index (κ1) is 16.2. The average molecular weight is 325 g/mol. The van der Waals surface area contributed by atoms with Crippen LogP contribution in [0, 0.1) is 18.6 Å². The number of halogens is 2. The van der Waals surface area contributed by atoms with Gasteiger partial charge in [0.15, 0.2) is 5.16 Å². The van der Waals surface area contributed by atoms with Crippen molar-refractivity contribution in [2.75, 3.05) is 5.32 Å². The SMILES string of the molecule is Cc1cc(=O)[nH]c(SC(C)C(=O)Nc2ccc(F)cc2F)n1. The Labute approximate surface area is 129 Å². The van der Waals surface area contributed by atoms with Gasteiger partial charge in [0.25, 0.3) is 5.56 Å². The summed E-state index contributed by atoms with van der Waals surface area (Å²) < 4.78 is 26.3. The van der Waals surface area contributed by atoms with Gasteiger partial charge < -0.3 is 10.3 Å². The summed E-state index contributed by atoms with van der Waals surface area (Å²) in [5.74, 6) is -2.06. The molecular weight excluding hydrogens is 312 g/mol.